The molecule has 0 aliphatic carbocycles. The number of halogens is 3. The maximum absolute atomic E-state index is 13.1. The lowest BCUT2D eigenvalue weighted by molar-refractivity contribution is 0.153. The van der Waals surface area contributed by atoms with Crippen molar-refractivity contribution in [1.29, 1.82) is 0 Å². The number of nitrogens with zero attached hydrogens (tertiary/aromatic N) is 1. The van der Waals surface area contributed by atoms with E-state index in [1.54, 1.807) is 0 Å². The smallest absolute Gasteiger partial charge is 0.255 e. The van der Waals surface area contributed by atoms with Crippen LogP contribution in [-0.2, 0) is 0 Å². The summed E-state index contributed by atoms with van der Waals surface area (Å²) >= 11 is 0. The molecule has 0 aromatic heterocycles. The maximum Gasteiger partial charge on any atom is 0.255 e. The van der Waals surface area contributed by atoms with Crippen molar-refractivity contribution in [2.45, 2.75) is 6.43 Å². The molecule has 3 nitrogen and oxygen atoms in total. The van der Waals surface area contributed by atoms with Gasteiger partial charge in [-0.05, 0) is 12.1 Å². The van der Waals surface area contributed by atoms with Crippen LogP contribution >= 0.6 is 0 Å². The van der Waals surface area contributed by atoms with Gasteiger partial charge in [-0.1, -0.05) is 6.07 Å². The Morgan fingerprint density at radius 3 is 2.62 bits per heavy atom. The van der Waals surface area contributed by atoms with Crippen LogP contribution in [0.5, 0.6) is 0 Å². The summed E-state index contributed by atoms with van der Waals surface area (Å²) in [4.78, 5) is 1.16. The zero-order chi connectivity index (χ0) is 12.1. The Labute approximate surface area is 91.3 Å². The Kier molecular flexibility index (Phi) is 4.42. The molecule has 3 N–H and O–H groups in total. The Hall–Kier alpha value is -1.43. The van der Waals surface area contributed by atoms with E-state index in [9.17, 15) is 13.2 Å². The molecule has 0 bridgehead atoms. The van der Waals surface area contributed by atoms with Gasteiger partial charge >= 0.3 is 0 Å². The number of nitrogen functional groups attached to an aromatic ring is 1. The van der Waals surface area contributed by atoms with Gasteiger partial charge in [-0.15, -0.1) is 0 Å². The molecule has 1 aromatic rings. The van der Waals surface area contributed by atoms with Gasteiger partial charge in [-0.25, -0.2) is 13.2 Å². The third kappa shape index (κ3) is 3.03. The molecule has 0 saturated carbocycles. The van der Waals surface area contributed by atoms with E-state index in [0.29, 0.717) is 0 Å². The average molecular weight is 234 g/mol. The van der Waals surface area contributed by atoms with E-state index < -0.39 is 18.8 Å². The fraction of sp³-hybridized carbons (Fsp3) is 0.400. The van der Waals surface area contributed by atoms with E-state index in [1.165, 1.54) is 12.1 Å². The standard InChI is InChI=1S/C10H13F3N2O/c11-7-2-1-3-8(10(7)14)15(4-5-16)6-9(12)13/h1-3,9,16H,4-6,14H2. The van der Waals surface area contributed by atoms with Crippen molar-refractivity contribution in [2.75, 3.05) is 30.3 Å². The van der Waals surface area contributed by atoms with E-state index in [-0.39, 0.29) is 24.5 Å². The summed E-state index contributed by atoms with van der Waals surface area (Å²) < 4.78 is 37.7. The number of alkyl halides is 2. The highest BCUT2D eigenvalue weighted by Crippen LogP contribution is 2.25. The third-order valence-corrected chi connectivity index (χ3v) is 2.10. The zero-order valence-electron chi connectivity index (χ0n) is 8.54. The van der Waals surface area contributed by atoms with E-state index in [0.717, 1.165) is 11.0 Å². The number of rotatable bonds is 5. The Morgan fingerprint density at radius 2 is 2.06 bits per heavy atom. The molecule has 0 aliphatic heterocycles. The van der Waals surface area contributed by atoms with Gasteiger partial charge in [0.05, 0.1) is 24.5 Å². The summed E-state index contributed by atoms with van der Waals surface area (Å²) in [5.74, 6) is -0.658. The van der Waals surface area contributed by atoms with Gasteiger partial charge in [0, 0.05) is 6.54 Å². The summed E-state index contributed by atoms with van der Waals surface area (Å²) in [5.41, 5.74) is 5.44. The lowest BCUT2D eigenvalue weighted by Crippen LogP contribution is -2.32. The van der Waals surface area contributed by atoms with Crippen LogP contribution in [0.25, 0.3) is 0 Å². The molecule has 90 valence electrons. The molecule has 1 aromatic carbocycles. The van der Waals surface area contributed by atoms with Crippen LogP contribution < -0.4 is 10.6 Å². The first-order valence-electron chi connectivity index (χ1n) is 4.74. The third-order valence-electron chi connectivity index (χ3n) is 2.10. The van der Waals surface area contributed by atoms with Gasteiger partial charge in [-0.2, -0.15) is 0 Å². The van der Waals surface area contributed by atoms with E-state index in [4.69, 9.17) is 10.8 Å². The molecule has 0 unspecified atom stereocenters. The second-order valence-corrected chi connectivity index (χ2v) is 3.23. The predicted molar refractivity (Wildman–Crippen MR) is 56.1 cm³/mol. The van der Waals surface area contributed by atoms with Gasteiger partial charge in [0.15, 0.2) is 0 Å². The maximum atomic E-state index is 13.1. The van der Waals surface area contributed by atoms with Crippen LogP contribution in [0.15, 0.2) is 18.2 Å². The Balaban J connectivity index is 2.96. The number of anilines is 2. The molecule has 0 atom stereocenters. The first-order valence-corrected chi connectivity index (χ1v) is 4.74. The number of para-hydroxylation sites is 1. The Bertz CT molecular complexity index is 347. The highest BCUT2D eigenvalue weighted by Gasteiger charge is 2.16. The zero-order valence-corrected chi connectivity index (χ0v) is 8.54. The monoisotopic (exact) mass is 234 g/mol. The van der Waals surface area contributed by atoms with Crippen LogP contribution in [0.4, 0.5) is 24.5 Å². The summed E-state index contributed by atoms with van der Waals surface area (Å²) in [6, 6.07) is 3.98. The van der Waals surface area contributed by atoms with Crippen LogP contribution in [0.2, 0.25) is 0 Å². The number of aliphatic hydroxyl groups excluding tert-OH is 1. The number of aliphatic hydroxyl groups is 1. The topological polar surface area (TPSA) is 49.5 Å². The average Bonchev–Trinajstić information content (AvgIpc) is 2.21. The minimum atomic E-state index is -2.57. The van der Waals surface area contributed by atoms with Crippen LogP contribution in [0, 0.1) is 5.82 Å². The van der Waals surface area contributed by atoms with E-state index in [2.05, 4.69) is 0 Å². The van der Waals surface area contributed by atoms with Crippen molar-refractivity contribution in [3.63, 3.8) is 0 Å². The summed E-state index contributed by atoms with van der Waals surface area (Å²) in [6.45, 7) is -0.908. The van der Waals surface area contributed by atoms with Gasteiger partial charge in [0.25, 0.3) is 6.43 Å². The van der Waals surface area contributed by atoms with Gasteiger partial charge < -0.3 is 15.7 Å². The lowest BCUT2D eigenvalue weighted by atomic mass is 10.2. The quantitative estimate of drug-likeness (QED) is 0.758. The van der Waals surface area contributed by atoms with Crippen LogP contribution in [-0.4, -0.2) is 31.2 Å². The fourth-order valence-electron chi connectivity index (χ4n) is 1.40. The number of nitrogens with two attached hydrogens (primary N) is 1. The van der Waals surface area contributed by atoms with Gasteiger partial charge in [-0.3, -0.25) is 0 Å². The SMILES string of the molecule is Nc1c(F)cccc1N(CCO)CC(F)F. The molecule has 0 radical (unpaired) electrons. The number of hydrogen-bond acceptors (Lipinski definition) is 3. The van der Waals surface area contributed by atoms with Crippen molar-refractivity contribution in [1.82, 2.24) is 0 Å². The molecule has 1 rings (SSSR count). The van der Waals surface area contributed by atoms with Crippen molar-refractivity contribution >= 4 is 11.4 Å². The van der Waals surface area contributed by atoms with E-state index >= 15 is 0 Å². The van der Waals surface area contributed by atoms with Crippen molar-refractivity contribution in [3.8, 4) is 0 Å². The van der Waals surface area contributed by atoms with Gasteiger partial charge in [0.2, 0.25) is 0 Å². The second-order valence-electron chi connectivity index (χ2n) is 3.23. The van der Waals surface area contributed by atoms with Crippen LogP contribution in [0.1, 0.15) is 0 Å². The molecule has 0 aliphatic rings. The highest BCUT2D eigenvalue weighted by atomic mass is 19.3. The van der Waals surface area contributed by atoms with Gasteiger partial charge in [0.1, 0.15) is 5.82 Å². The Morgan fingerprint density at radius 1 is 1.38 bits per heavy atom. The fourth-order valence-corrected chi connectivity index (χ4v) is 1.40. The largest absolute Gasteiger partial charge is 0.395 e. The van der Waals surface area contributed by atoms with Crippen molar-refractivity contribution in [2.24, 2.45) is 0 Å². The molecule has 16 heavy (non-hydrogen) atoms. The molecule has 0 amide bonds. The summed E-state index contributed by atoms with van der Waals surface area (Å²) in [6.07, 6.45) is -2.57. The number of hydrogen-bond donors (Lipinski definition) is 2. The highest BCUT2D eigenvalue weighted by molar-refractivity contribution is 5.68. The molecule has 0 saturated heterocycles. The minimum Gasteiger partial charge on any atom is -0.395 e. The number of benzene rings is 1. The molecular formula is C10H13F3N2O. The molecule has 0 fully saturated rings. The molecular weight excluding hydrogens is 221 g/mol. The summed E-state index contributed by atoms with van der Waals surface area (Å²) in [7, 11) is 0. The normalized spacial score (nSPS) is 10.8. The van der Waals surface area contributed by atoms with Crippen molar-refractivity contribution in [3.05, 3.63) is 24.0 Å². The minimum absolute atomic E-state index is 0.0159. The molecule has 0 spiro atoms. The second kappa shape index (κ2) is 5.60. The van der Waals surface area contributed by atoms with Crippen molar-refractivity contribution < 1.29 is 18.3 Å². The first-order chi connectivity index (χ1) is 7.56. The molecule has 6 heteroatoms. The first kappa shape index (κ1) is 12.6. The lowest BCUT2D eigenvalue weighted by Gasteiger charge is -2.24. The predicted octanol–water partition coefficient (Wildman–Crippen LogP) is 1.47. The molecule has 0 heterocycles. The van der Waals surface area contributed by atoms with Crippen LogP contribution in [0.3, 0.4) is 0 Å². The summed E-state index contributed by atoms with van der Waals surface area (Å²) in [5, 5.41) is 8.75. The van der Waals surface area contributed by atoms with E-state index in [1.807, 2.05) is 0 Å².